The first kappa shape index (κ1) is 13.3. The summed E-state index contributed by atoms with van der Waals surface area (Å²) in [5, 5.41) is 0. The standard InChI is InChI=1S/C11H23N3O2S/c12-9-11-5-4-8-14(10-11)17(15,16)13-6-2-1-3-7-13/h11H,1-10,12H2. The van der Waals surface area contributed by atoms with Crippen molar-refractivity contribution in [1.29, 1.82) is 0 Å². The molecule has 0 radical (unpaired) electrons. The minimum absolute atomic E-state index is 0.336. The van der Waals surface area contributed by atoms with E-state index < -0.39 is 10.2 Å². The molecule has 17 heavy (non-hydrogen) atoms. The van der Waals surface area contributed by atoms with Crippen molar-refractivity contribution < 1.29 is 8.42 Å². The lowest BCUT2D eigenvalue weighted by molar-refractivity contribution is 0.241. The Kier molecular flexibility index (Phi) is 4.41. The summed E-state index contributed by atoms with van der Waals surface area (Å²) in [5.41, 5.74) is 5.65. The van der Waals surface area contributed by atoms with Crippen LogP contribution in [0.3, 0.4) is 0 Å². The summed E-state index contributed by atoms with van der Waals surface area (Å²) >= 11 is 0. The van der Waals surface area contributed by atoms with Crippen molar-refractivity contribution in [3.05, 3.63) is 0 Å². The van der Waals surface area contributed by atoms with Crippen LogP contribution >= 0.6 is 0 Å². The Labute approximate surface area is 104 Å². The average Bonchev–Trinajstić information content (AvgIpc) is 2.40. The van der Waals surface area contributed by atoms with Crippen molar-refractivity contribution in [1.82, 2.24) is 8.61 Å². The summed E-state index contributed by atoms with van der Waals surface area (Å²) < 4.78 is 28.1. The lowest BCUT2D eigenvalue weighted by Crippen LogP contribution is -2.50. The molecule has 0 spiro atoms. The zero-order chi connectivity index (χ0) is 12.3. The van der Waals surface area contributed by atoms with Gasteiger partial charge in [0.1, 0.15) is 0 Å². The maximum atomic E-state index is 12.4. The molecule has 100 valence electrons. The predicted molar refractivity (Wildman–Crippen MR) is 67.7 cm³/mol. The third kappa shape index (κ3) is 2.99. The molecule has 6 heteroatoms. The maximum Gasteiger partial charge on any atom is 0.281 e. The van der Waals surface area contributed by atoms with E-state index in [2.05, 4.69) is 0 Å². The van der Waals surface area contributed by atoms with Gasteiger partial charge in [0.15, 0.2) is 0 Å². The van der Waals surface area contributed by atoms with E-state index in [4.69, 9.17) is 5.73 Å². The van der Waals surface area contributed by atoms with Gasteiger partial charge in [0, 0.05) is 26.2 Å². The van der Waals surface area contributed by atoms with Crippen molar-refractivity contribution in [2.75, 3.05) is 32.7 Å². The highest BCUT2D eigenvalue weighted by atomic mass is 32.2. The van der Waals surface area contributed by atoms with Crippen LogP contribution < -0.4 is 5.73 Å². The van der Waals surface area contributed by atoms with E-state index in [9.17, 15) is 8.42 Å². The molecular weight excluding hydrogens is 238 g/mol. The first-order valence-electron chi connectivity index (χ1n) is 6.60. The van der Waals surface area contributed by atoms with Gasteiger partial charge in [-0.1, -0.05) is 6.42 Å². The number of hydrogen-bond acceptors (Lipinski definition) is 3. The number of nitrogens with two attached hydrogens (primary N) is 1. The second-order valence-corrected chi connectivity index (χ2v) is 7.00. The van der Waals surface area contributed by atoms with Gasteiger partial charge in [0.05, 0.1) is 0 Å². The smallest absolute Gasteiger partial charge is 0.281 e. The van der Waals surface area contributed by atoms with Gasteiger partial charge in [-0.25, -0.2) is 0 Å². The summed E-state index contributed by atoms with van der Waals surface area (Å²) in [6, 6.07) is 0. The lowest BCUT2D eigenvalue weighted by Gasteiger charge is -2.36. The van der Waals surface area contributed by atoms with Crippen LogP contribution in [0.15, 0.2) is 0 Å². The van der Waals surface area contributed by atoms with E-state index in [-0.39, 0.29) is 0 Å². The summed E-state index contributed by atoms with van der Waals surface area (Å²) in [7, 11) is -3.22. The molecule has 2 fully saturated rings. The van der Waals surface area contributed by atoms with Gasteiger partial charge in [-0.3, -0.25) is 0 Å². The molecule has 0 amide bonds. The molecule has 0 aromatic heterocycles. The molecule has 2 heterocycles. The van der Waals surface area contributed by atoms with Crippen LogP contribution in [-0.2, 0) is 10.2 Å². The molecular formula is C11H23N3O2S. The Balaban J connectivity index is 2.03. The third-order valence-corrected chi connectivity index (χ3v) is 5.78. The molecule has 1 unspecified atom stereocenters. The lowest BCUT2D eigenvalue weighted by atomic mass is 10.0. The maximum absolute atomic E-state index is 12.4. The molecule has 5 nitrogen and oxygen atoms in total. The zero-order valence-electron chi connectivity index (χ0n) is 10.3. The van der Waals surface area contributed by atoms with E-state index in [1.54, 1.807) is 8.61 Å². The van der Waals surface area contributed by atoms with E-state index >= 15 is 0 Å². The van der Waals surface area contributed by atoms with Crippen molar-refractivity contribution >= 4 is 10.2 Å². The van der Waals surface area contributed by atoms with E-state index in [1.165, 1.54) is 0 Å². The van der Waals surface area contributed by atoms with Crippen LogP contribution in [0, 0.1) is 5.92 Å². The van der Waals surface area contributed by atoms with Crippen LogP contribution in [0.25, 0.3) is 0 Å². The molecule has 1 atom stereocenters. The Bertz CT molecular complexity index is 339. The summed E-state index contributed by atoms with van der Waals surface area (Å²) in [5.74, 6) is 0.336. The van der Waals surface area contributed by atoms with Gasteiger partial charge in [-0.2, -0.15) is 17.0 Å². The van der Waals surface area contributed by atoms with Crippen molar-refractivity contribution in [2.45, 2.75) is 32.1 Å². The van der Waals surface area contributed by atoms with Crippen molar-refractivity contribution in [2.24, 2.45) is 11.7 Å². The second-order valence-electron chi connectivity index (χ2n) is 5.07. The monoisotopic (exact) mass is 261 g/mol. The first-order valence-corrected chi connectivity index (χ1v) is 7.99. The minimum Gasteiger partial charge on any atom is -0.330 e. The molecule has 2 aliphatic rings. The Hall–Kier alpha value is -0.170. The first-order chi connectivity index (χ1) is 8.14. The van der Waals surface area contributed by atoms with Crippen LogP contribution in [0.1, 0.15) is 32.1 Å². The molecule has 2 N–H and O–H groups in total. The highest BCUT2D eigenvalue weighted by molar-refractivity contribution is 7.86. The predicted octanol–water partition coefficient (Wildman–Crippen LogP) is 0.388. The summed E-state index contributed by atoms with van der Waals surface area (Å²) in [6.45, 7) is 3.23. The Morgan fingerprint density at radius 3 is 2.29 bits per heavy atom. The van der Waals surface area contributed by atoms with Crippen molar-refractivity contribution in [3.8, 4) is 0 Å². The van der Waals surface area contributed by atoms with E-state index in [1.807, 2.05) is 0 Å². The normalized spacial score (nSPS) is 29.4. The molecule has 2 aliphatic heterocycles. The number of rotatable bonds is 3. The van der Waals surface area contributed by atoms with E-state index in [0.717, 1.165) is 32.1 Å². The molecule has 2 saturated heterocycles. The number of nitrogens with zero attached hydrogens (tertiary/aromatic N) is 2. The summed E-state index contributed by atoms with van der Waals surface area (Å²) in [4.78, 5) is 0. The summed E-state index contributed by atoms with van der Waals surface area (Å²) in [6.07, 6.45) is 5.13. The molecule has 0 aliphatic carbocycles. The third-order valence-electron chi connectivity index (χ3n) is 3.78. The molecule has 0 bridgehead atoms. The topological polar surface area (TPSA) is 66.6 Å². The largest absolute Gasteiger partial charge is 0.330 e. The second kappa shape index (κ2) is 5.65. The fraction of sp³-hybridized carbons (Fsp3) is 1.00. The van der Waals surface area contributed by atoms with Crippen LogP contribution in [0.2, 0.25) is 0 Å². The Morgan fingerprint density at radius 1 is 1.00 bits per heavy atom. The zero-order valence-corrected chi connectivity index (χ0v) is 11.2. The van der Waals surface area contributed by atoms with Crippen LogP contribution in [0.4, 0.5) is 0 Å². The van der Waals surface area contributed by atoms with Gasteiger partial charge in [0.25, 0.3) is 10.2 Å². The van der Waals surface area contributed by atoms with E-state index in [0.29, 0.717) is 38.6 Å². The van der Waals surface area contributed by atoms with Gasteiger partial charge in [0.2, 0.25) is 0 Å². The molecule has 0 aromatic carbocycles. The highest BCUT2D eigenvalue weighted by Gasteiger charge is 2.33. The molecule has 0 aromatic rings. The Morgan fingerprint density at radius 2 is 1.65 bits per heavy atom. The fourth-order valence-corrected chi connectivity index (χ4v) is 4.49. The number of piperidine rings is 2. The van der Waals surface area contributed by atoms with Crippen molar-refractivity contribution in [3.63, 3.8) is 0 Å². The SMILES string of the molecule is NCC1CCCN(S(=O)(=O)N2CCCCC2)C1. The van der Waals surface area contributed by atoms with Gasteiger partial charge in [-0.05, 0) is 38.1 Å². The minimum atomic E-state index is -3.22. The van der Waals surface area contributed by atoms with Gasteiger partial charge < -0.3 is 5.73 Å². The molecule has 2 rings (SSSR count). The average molecular weight is 261 g/mol. The van der Waals surface area contributed by atoms with Gasteiger partial charge in [-0.15, -0.1) is 0 Å². The quantitative estimate of drug-likeness (QED) is 0.799. The van der Waals surface area contributed by atoms with Gasteiger partial charge >= 0.3 is 0 Å². The number of hydrogen-bond donors (Lipinski definition) is 1. The van der Waals surface area contributed by atoms with Crippen LogP contribution in [-0.4, -0.2) is 49.8 Å². The van der Waals surface area contributed by atoms with Crippen LogP contribution in [0.5, 0.6) is 0 Å². The molecule has 0 saturated carbocycles. The highest BCUT2D eigenvalue weighted by Crippen LogP contribution is 2.22. The fourth-order valence-electron chi connectivity index (χ4n) is 2.69.